The lowest BCUT2D eigenvalue weighted by atomic mass is 9.93. The number of nitrogens with one attached hydrogen (secondary N) is 2. The van der Waals surface area contributed by atoms with Crippen LogP contribution in [0.3, 0.4) is 0 Å². The highest BCUT2D eigenvalue weighted by Crippen LogP contribution is 2.34. The van der Waals surface area contributed by atoms with E-state index in [1.165, 1.54) is 34.4 Å². The molecule has 1 aromatic carbocycles. The third-order valence-corrected chi connectivity index (χ3v) is 6.78. The lowest BCUT2D eigenvalue weighted by Crippen LogP contribution is -2.41. The lowest BCUT2D eigenvalue weighted by Gasteiger charge is -2.34. The number of rotatable bonds is 5. The van der Waals surface area contributed by atoms with Gasteiger partial charge in [-0.05, 0) is 49.1 Å². The Morgan fingerprint density at radius 1 is 1.23 bits per heavy atom. The average molecular weight is 476 g/mol. The Morgan fingerprint density at radius 2 is 2.06 bits per heavy atom. The molecule has 0 amide bonds. The molecule has 35 heavy (non-hydrogen) atoms. The molecule has 2 unspecified atom stereocenters. The highest BCUT2D eigenvalue weighted by atomic mass is 16.5. The van der Waals surface area contributed by atoms with Crippen molar-refractivity contribution in [3.63, 3.8) is 0 Å². The molecule has 2 N–H and O–H groups in total. The number of aldehydes is 1. The minimum atomic E-state index is -0.0751. The first kappa shape index (κ1) is 25.1. The van der Waals surface area contributed by atoms with Crippen molar-refractivity contribution in [1.82, 2.24) is 20.8 Å². The van der Waals surface area contributed by atoms with Crippen molar-refractivity contribution in [2.24, 2.45) is 5.92 Å². The van der Waals surface area contributed by atoms with E-state index in [0.717, 1.165) is 37.9 Å². The summed E-state index contributed by atoms with van der Waals surface area (Å²) in [6, 6.07) is 11.3. The van der Waals surface area contributed by atoms with E-state index in [4.69, 9.17) is 4.52 Å². The minimum absolute atomic E-state index is 0.0751. The Bertz CT molecular complexity index is 1140. The molecule has 7 heteroatoms. The fourth-order valence-electron chi connectivity index (χ4n) is 4.86. The number of nitrogens with zero attached hydrogens (tertiary/aromatic N) is 3. The van der Waals surface area contributed by atoms with Gasteiger partial charge in [0, 0.05) is 55.5 Å². The SMILES string of the molecule is CC(C)(C)c1cc(C=O)no1.CNCc1ccc(-c2ccncc2N2CC3CNC(C3)C2)cc1C. The first-order valence-electron chi connectivity index (χ1n) is 12.4. The fourth-order valence-corrected chi connectivity index (χ4v) is 4.86. The van der Waals surface area contributed by atoms with Crippen molar-refractivity contribution in [2.45, 2.75) is 52.1 Å². The molecule has 4 heterocycles. The predicted octanol–water partition coefficient (Wildman–Crippen LogP) is 4.36. The second-order valence-corrected chi connectivity index (χ2v) is 10.7. The normalized spacial score (nSPS) is 19.3. The van der Waals surface area contributed by atoms with Crippen molar-refractivity contribution in [3.05, 3.63) is 65.3 Å². The summed E-state index contributed by atoms with van der Waals surface area (Å²) in [4.78, 5) is 17.2. The molecule has 186 valence electrons. The summed E-state index contributed by atoms with van der Waals surface area (Å²) in [7, 11) is 1.99. The summed E-state index contributed by atoms with van der Waals surface area (Å²) in [6.07, 6.45) is 5.95. The van der Waals surface area contributed by atoms with E-state index in [9.17, 15) is 4.79 Å². The molecule has 2 bridgehead atoms. The second kappa shape index (κ2) is 10.7. The summed E-state index contributed by atoms with van der Waals surface area (Å²) in [6.45, 7) is 12.5. The molecule has 0 saturated carbocycles. The van der Waals surface area contributed by atoms with Gasteiger partial charge in [0.2, 0.25) is 0 Å². The third kappa shape index (κ3) is 5.97. The quantitative estimate of drug-likeness (QED) is 0.531. The smallest absolute Gasteiger partial charge is 0.171 e. The summed E-state index contributed by atoms with van der Waals surface area (Å²) in [5.41, 5.74) is 6.84. The first-order chi connectivity index (χ1) is 16.8. The van der Waals surface area contributed by atoms with Crippen molar-refractivity contribution < 1.29 is 9.32 Å². The number of pyridine rings is 1. The average Bonchev–Trinajstić information content (AvgIpc) is 3.47. The molecular formula is C28H37N5O2. The van der Waals surface area contributed by atoms with E-state index >= 15 is 0 Å². The van der Waals surface area contributed by atoms with E-state index < -0.39 is 0 Å². The maximum atomic E-state index is 10.2. The van der Waals surface area contributed by atoms with E-state index in [1.807, 2.05) is 40.2 Å². The molecule has 0 radical (unpaired) electrons. The number of carbonyl (C=O) groups excluding carboxylic acids is 1. The van der Waals surface area contributed by atoms with Gasteiger partial charge in [-0.15, -0.1) is 0 Å². The third-order valence-electron chi connectivity index (χ3n) is 6.78. The van der Waals surface area contributed by atoms with Crippen molar-refractivity contribution >= 4 is 12.0 Å². The Morgan fingerprint density at radius 3 is 2.69 bits per heavy atom. The van der Waals surface area contributed by atoms with Crippen LogP contribution in [-0.2, 0) is 12.0 Å². The molecule has 5 rings (SSSR count). The van der Waals surface area contributed by atoms with Gasteiger partial charge in [0.25, 0.3) is 0 Å². The van der Waals surface area contributed by atoms with Gasteiger partial charge >= 0.3 is 0 Å². The van der Waals surface area contributed by atoms with Crippen LogP contribution >= 0.6 is 0 Å². The van der Waals surface area contributed by atoms with E-state index in [1.54, 1.807) is 6.07 Å². The molecule has 0 aliphatic carbocycles. The van der Waals surface area contributed by atoms with Crippen LogP contribution in [0.1, 0.15) is 54.6 Å². The number of aryl methyl sites for hydroxylation is 1. The monoisotopic (exact) mass is 475 g/mol. The zero-order valence-electron chi connectivity index (χ0n) is 21.5. The van der Waals surface area contributed by atoms with Crippen molar-refractivity contribution in [2.75, 3.05) is 31.6 Å². The van der Waals surface area contributed by atoms with E-state index in [0.29, 0.717) is 18.0 Å². The van der Waals surface area contributed by atoms with Crippen molar-refractivity contribution in [1.29, 1.82) is 0 Å². The Labute approximate surface area is 208 Å². The zero-order valence-corrected chi connectivity index (χ0v) is 21.5. The molecule has 2 saturated heterocycles. The largest absolute Gasteiger partial charge is 0.368 e. The standard InChI is InChI=1S/C20H26N4.C8H11NO2/c1-14-7-16(3-4-17(14)10-21-2)19-5-6-22-11-20(19)24-12-15-8-18(13-24)23-9-15;1-8(2,3)7-4-6(5-10)9-11-7/h3-7,11,15,18,21,23H,8-10,12-13H2,1-2H3;4-5H,1-3H3. The molecule has 0 spiro atoms. The fraction of sp³-hybridized carbons (Fsp3) is 0.464. The summed E-state index contributed by atoms with van der Waals surface area (Å²) in [5, 5.41) is 10.4. The number of piperidine rings is 1. The highest BCUT2D eigenvalue weighted by molar-refractivity contribution is 5.78. The van der Waals surface area contributed by atoms with Gasteiger partial charge in [-0.2, -0.15) is 0 Å². The minimum Gasteiger partial charge on any atom is -0.368 e. The molecule has 2 aromatic heterocycles. The Balaban J connectivity index is 0.000000221. The van der Waals surface area contributed by atoms with Crippen LogP contribution in [0.25, 0.3) is 11.1 Å². The molecule has 7 nitrogen and oxygen atoms in total. The number of anilines is 1. The van der Waals surface area contributed by atoms with E-state index in [2.05, 4.69) is 56.9 Å². The number of hydrogen-bond acceptors (Lipinski definition) is 7. The van der Waals surface area contributed by atoms with Gasteiger partial charge in [-0.3, -0.25) is 9.78 Å². The zero-order chi connectivity index (χ0) is 25.0. The van der Waals surface area contributed by atoms with Gasteiger partial charge < -0.3 is 20.1 Å². The van der Waals surface area contributed by atoms with Gasteiger partial charge in [-0.1, -0.05) is 44.1 Å². The summed E-state index contributed by atoms with van der Waals surface area (Å²) in [5.74, 6) is 1.51. The Hall–Kier alpha value is -3.03. The number of fused-ring (bicyclic) bond motifs is 2. The van der Waals surface area contributed by atoms with Gasteiger partial charge in [0.05, 0.1) is 11.9 Å². The van der Waals surface area contributed by atoms with Gasteiger partial charge in [-0.25, -0.2) is 0 Å². The van der Waals surface area contributed by atoms with E-state index in [-0.39, 0.29) is 5.41 Å². The molecule has 2 aliphatic rings. The molecule has 3 aromatic rings. The van der Waals surface area contributed by atoms with Crippen LogP contribution in [0.15, 0.2) is 47.2 Å². The number of aromatic nitrogens is 2. The lowest BCUT2D eigenvalue weighted by molar-refractivity contribution is 0.111. The van der Waals surface area contributed by atoms with Crippen LogP contribution in [0.2, 0.25) is 0 Å². The number of benzene rings is 1. The maximum Gasteiger partial charge on any atom is 0.171 e. The molecule has 2 atom stereocenters. The van der Waals surface area contributed by atoms with Gasteiger partial charge in [0.15, 0.2) is 6.29 Å². The summed E-state index contributed by atoms with van der Waals surface area (Å²) >= 11 is 0. The predicted molar refractivity (Wildman–Crippen MR) is 140 cm³/mol. The van der Waals surface area contributed by atoms with Crippen LogP contribution < -0.4 is 15.5 Å². The Kier molecular flexibility index (Phi) is 7.67. The second-order valence-electron chi connectivity index (χ2n) is 10.7. The van der Waals surface area contributed by atoms with Crippen LogP contribution in [0.4, 0.5) is 5.69 Å². The topological polar surface area (TPSA) is 83.3 Å². The van der Waals surface area contributed by atoms with Crippen LogP contribution in [0, 0.1) is 12.8 Å². The summed E-state index contributed by atoms with van der Waals surface area (Å²) < 4.78 is 4.94. The number of hydrogen-bond donors (Lipinski definition) is 2. The van der Waals surface area contributed by atoms with Crippen LogP contribution in [0.5, 0.6) is 0 Å². The molecular weight excluding hydrogens is 438 g/mol. The number of carbonyl (C=O) groups is 1. The van der Waals surface area contributed by atoms with Crippen molar-refractivity contribution in [3.8, 4) is 11.1 Å². The molecule has 2 fully saturated rings. The highest BCUT2D eigenvalue weighted by Gasteiger charge is 2.33. The van der Waals surface area contributed by atoms with Crippen LogP contribution in [-0.4, -0.2) is 49.2 Å². The molecule has 2 aliphatic heterocycles. The van der Waals surface area contributed by atoms with Gasteiger partial charge in [0.1, 0.15) is 11.5 Å². The maximum absolute atomic E-state index is 10.2. The first-order valence-corrected chi connectivity index (χ1v) is 12.4.